The van der Waals surface area contributed by atoms with Crippen LogP contribution in [0.3, 0.4) is 0 Å². The molecule has 0 bridgehead atoms. The molecule has 0 aliphatic heterocycles. The van der Waals surface area contributed by atoms with E-state index in [0.717, 1.165) is 6.07 Å². The van der Waals surface area contributed by atoms with Crippen LogP contribution in [0.5, 0.6) is 0 Å². The summed E-state index contributed by atoms with van der Waals surface area (Å²) in [5.74, 6) is -2.53. The number of ketones is 1. The smallest absolute Gasteiger partial charge is 0.392 e. The Hall–Kier alpha value is -2.16. The van der Waals surface area contributed by atoms with Crippen LogP contribution in [0.15, 0.2) is 30.3 Å². The van der Waals surface area contributed by atoms with Crippen LogP contribution in [0.1, 0.15) is 37.3 Å². The first kappa shape index (κ1) is 24.1. The molecular weight excluding hydrogens is 447 g/mol. The number of carbonyl (C=O) groups excluding carboxylic acids is 1. The van der Waals surface area contributed by atoms with Crippen LogP contribution in [0.4, 0.5) is 28.9 Å². The maximum atomic E-state index is 14.5. The zero-order valence-electron chi connectivity index (χ0n) is 15.9. The van der Waals surface area contributed by atoms with Crippen LogP contribution >= 0.6 is 23.2 Å². The molecule has 0 spiro atoms. The molecule has 3 N–H and O–H groups in total. The summed E-state index contributed by atoms with van der Waals surface area (Å²) < 4.78 is 53.1. The molecule has 0 saturated heterocycles. The number of hydrogen-bond acceptors (Lipinski definition) is 4. The van der Waals surface area contributed by atoms with Crippen molar-refractivity contribution in [2.45, 2.75) is 38.5 Å². The first-order valence-corrected chi connectivity index (χ1v) is 9.54. The minimum absolute atomic E-state index is 0.0123. The monoisotopic (exact) mass is 464 g/mol. The average molecular weight is 465 g/mol. The predicted molar refractivity (Wildman–Crippen MR) is 109 cm³/mol. The number of nitrogens with one attached hydrogen (secondary N) is 2. The highest BCUT2D eigenvalue weighted by Crippen LogP contribution is 2.40. The maximum absolute atomic E-state index is 14.5. The molecule has 30 heavy (non-hydrogen) atoms. The van der Waals surface area contributed by atoms with Crippen molar-refractivity contribution < 1.29 is 27.5 Å². The molecule has 162 valence electrons. The van der Waals surface area contributed by atoms with Crippen molar-refractivity contribution >= 4 is 46.1 Å². The highest BCUT2D eigenvalue weighted by atomic mass is 35.5. The minimum Gasteiger partial charge on any atom is -0.392 e. The second-order valence-electron chi connectivity index (χ2n) is 6.58. The van der Waals surface area contributed by atoms with E-state index in [1.54, 1.807) is 6.92 Å². The Morgan fingerprint density at radius 3 is 2.23 bits per heavy atom. The fourth-order valence-corrected chi connectivity index (χ4v) is 3.46. The third-order valence-electron chi connectivity index (χ3n) is 4.38. The lowest BCUT2D eigenvalue weighted by Gasteiger charge is -2.22. The molecule has 10 heteroatoms. The Kier molecular flexibility index (Phi) is 7.49. The Balaban J connectivity index is 2.47. The van der Waals surface area contributed by atoms with Crippen molar-refractivity contribution in [2.24, 2.45) is 0 Å². The van der Waals surface area contributed by atoms with Gasteiger partial charge in [-0.2, -0.15) is 13.2 Å². The average Bonchev–Trinajstić information content (AvgIpc) is 2.65. The van der Waals surface area contributed by atoms with Crippen LogP contribution in [0, 0.1) is 11.2 Å². The van der Waals surface area contributed by atoms with E-state index < -0.39 is 41.1 Å². The van der Waals surface area contributed by atoms with Gasteiger partial charge in [-0.3, -0.25) is 4.79 Å². The van der Waals surface area contributed by atoms with Gasteiger partial charge in [0.05, 0.1) is 39.0 Å². The summed E-state index contributed by atoms with van der Waals surface area (Å²) in [6.07, 6.45) is -5.86. The molecule has 0 fully saturated rings. The zero-order chi connectivity index (χ0) is 22.8. The molecule has 0 aliphatic rings. The van der Waals surface area contributed by atoms with Crippen molar-refractivity contribution in [1.29, 1.82) is 5.41 Å². The van der Waals surface area contributed by atoms with Gasteiger partial charge in [-0.1, -0.05) is 30.1 Å². The fourth-order valence-electron chi connectivity index (χ4n) is 2.88. The SMILES string of the molecule is CCC(=O)C(=N)C(c1cc(Nc2c(Cl)cc(C(F)(F)F)cc2Cl)ccc1F)C(C)O. The summed E-state index contributed by atoms with van der Waals surface area (Å²) >= 11 is 11.9. The van der Waals surface area contributed by atoms with Crippen LogP contribution in [0.25, 0.3) is 0 Å². The Morgan fingerprint density at radius 1 is 1.20 bits per heavy atom. The zero-order valence-corrected chi connectivity index (χ0v) is 17.4. The topological polar surface area (TPSA) is 73.2 Å². The molecule has 0 aromatic heterocycles. The molecule has 0 amide bonds. The van der Waals surface area contributed by atoms with Gasteiger partial charge in [-0.15, -0.1) is 0 Å². The van der Waals surface area contributed by atoms with E-state index in [2.05, 4.69) is 5.32 Å². The second kappa shape index (κ2) is 9.32. The summed E-state index contributed by atoms with van der Waals surface area (Å²) in [6, 6.07) is 4.98. The third-order valence-corrected chi connectivity index (χ3v) is 4.98. The van der Waals surface area contributed by atoms with Crippen molar-refractivity contribution in [3.63, 3.8) is 0 Å². The predicted octanol–water partition coefficient (Wildman–Crippen LogP) is 6.36. The standard InChI is InChI=1S/C20H18Cl2F4N2O2/c1-3-16(30)18(27)17(9(2)29)12-8-11(4-5-15(12)23)28-19-13(21)6-10(7-14(19)22)20(24,25)26/h4-9,17,27-29H,3H2,1-2H3. The molecule has 2 unspecified atom stereocenters. The molecule has 2 rings (SSSR count). The van der Waals surface area contributed by atoms with E-state index >= 15 is 0 Å². The van der Waals surface area contributed by atoms with Crippen molar-refractivity contribution in [3.8, 4) is 0 Å². The lowest BCUT2D eigenvalue weighted by Crippen LogP contribution is -2.29. The number of aliphatic hydroxyl groups excluding tert-OH is 1. The van der Waals surface area contributed by atoms with Crippen molar-refractivity contribution in [2.75, 3.05) is 5.32 Å². The molecule has 2 aromatic rings. The van der Waals surface area contributed by atoms with E-state index in [0.29, 0.717) is 12.1 Å². The summed E-state index contributed by atoms with van der Waals surface area (Å²) in [7, 11) is 0. The summed E-state index contributed by atoms with van der Waals surface area (Å²) in [5, 5.41) is 20.2. The highest BCUT2D eigenvalue weighted by molar-refractivity contribution is 6.41. The van der Waals surface area contributed by atoms with E-state index in [-0.39, 0.29) is 33.4 Å². The normalized spacial score (nSPS) is 13.6. The van der Waals surface area contributed by atoms with Gasteiger partial charge in [0.2, 0.25) is 0 Å². The van der Waals surface area contributed by atoms with Crippen LogP contribution in [-0.4, -0.2) is 22.7 Å². The largest absolute Gasteiger partial charge is 0.416 e. The van der Waals surface area contributed by atoms with Gasteiger partial charge in [-0.05, 0) is 37.3 Å². The Bertz CT molecular complexity index is 955. The fraction of sp³-hybridized carbons (Fsp3) is 0.300. The lowest BCUT2D eigenvalue weighted by atomic mass is 9.86. The number of aliphatic hydroxyl groups is 1. The molecule has 4 nitrogen and oxygen atoms in total. The van der Waals surface area contributed by atoms with Crippen molar-refractivity contribution in [3.05, 3.63) is 57.3 Å². The van der Waals surface area contributed by atoms with Gasteiger partial charge < -0.3 is 15.8 Å². The first-order valence-electron chi connectivity index (χ1n) is 8.79. The van der Waals surface area contributed by atoms with E-state index in [1.807, 2.05) is 0 Å². The number of benzene rings is 2. The number of Topliss-reactive ketones (excluding diaryl/α,β-unsaturated/α-hetero) is 1. The first-order chi connectivity index (χ1) is 13.9. The molecule has 2 atom stereocenters. The Labute approximate surface area is 180 Å². The van der Waals surface area contributed by atoms with E-state index in [4.69, 9.17) is 28.6 Å². The number of carbonyl (C=O) groups is 1. The van der Waals surface area contributed by atoms with Gasteiger partial charge in [0.1, 0.15) is 5.82 Å². The maximum Gasteiger partial charge on any atom is 0.416 e. The third kappa shape index (κ3) is 5.30. The van der Waals surface area contributed by atoms with Crippen LogP contribution in [-0.2, 0) is 11.0 Å². The molecule has 0 heterocycles. The molecule has 2 aromatic carbocycles. The Morgan fingerprint density at radius 2 is 1.77 bits per heavy atom. The molecule has 0 aliphatic carbocycles. The van der Waals surface area contributed by atoms with Gasteiger partial charge in [0.15, 0.2) is 5.78 Å². The highest BCUT2D eigenvalue weighted by Gasteiger charge is 2.32. The van der Waals surface area contributed by atoms with Crippen molar-refractivity contribution in [1.82, 2.24) is 0 Å². The molecule has 0 saturated carbocycles. The summed E-state index contributed by atoms with van der Waals surface area (Å²) in [4.78, 5) is 11.9. The van der Waals surface area contributed by atoms with Crippen LogP contribution in [0.2, 0.25) is 10.0 Å². The number of hydrogen-bond donors (Lipinski definition) is 3. The number of halogens is 6. The van der Waals surface area contributed by atoms with Gasteiger partial charge in [0, 0.05) is 17.7 Å². The number of anilines is 2. The van der Waals surface area contributed by atoms with Gasteiger partial charge >= 0.3 is 6.18 Å². The number of alkyl halides is 3. The quantitative estimate of drug-likeness (QED) is 0.329. The van der Waals surface area contributed by atoms with Gasteiger partial charge in [-0.25, -0.2) is 4.39 Å². The van der Waals surface area contributed by atoms with E-state index in [9.17, 15) is 27.5 Å². The van der Waals surface area contributed by atoms with Gasteiger partial charge in [0.25, 0.3) is 0 Å². The van der Waals surface area contributed by atoms with E-state index in [1.165, 1.54) is 19.1 Å². The molecule has 0 radical (unpaired) electrons. The summed E-state index contributed by atoms with van der Waals surface area (Å²) in [5.41, 5.74) is -1.44. The summed E-state index contributed by atoms with van der Waals surface area (Å²) in [6.45, 7) is 2.87. The molecular formula is C20H18Cl2F4N2O2. The number of rotatable bonds is 7. The minimum atomic E-state index is -4.63. The van der Waals surface area contributed by atoms with Crippen LogP contribution < -0.4 is 5.32 Å². The second-order valence-corrected chi connectivity index (χ2v) is 7.40. The lowest BCUT2D eigenvalue weighted by molar-refractivity contribution is -0.137.